The van der Waals surface area contributed by atoms with Gasteiger partial charge in [-0.1, -0.05) is 37.1 Å². The van der Waals surface area contributed by atoms with Gasteiger partial charge in [-0.25, -0.2) is 0 Å². The maximum absolute atomic E-state index is 5.77. The first-order valence-corrected chi connectivity index (χ1v) is 6.92. The molecule has 0 amide bonds. The average Bonchev–Trinajstić information content (AvgIpc) is 3.10. The molecule has 0 spiro atoms. The number of nitrogens with two attached hydrogens (primary N) is 1. The highest BCUT2D eigenvalue weighted by Gasteiger charge is 2.30. The summed E-state index contributed by atoms with van der Waals surface area (Å²) >= 11 is 0. The fourth-order valence-corrected chi connectivity index (χ4v) is 3.23. The molecular weight excluding hydrogens is 208 g/mol. The van der Waals surface area contributed by atoms with Crippen molar-refractivity contribution >= 4 is 0 Å². The predicted octanol–water partition coefficient (Wildman–Crippen LogP) is 2.74. The number of hydrogen-bond acceptors (Lipinski definition) is 2. The Morgan fingerprint density at radius 1 is 1.24 bits per heavy atom. The highest BCUT2D eigenvalue weighted by molar-refractivity contribution is 5.35. The van der Waals surface area contributed by atoms with Crippen LogP contribution in [0.1, 0.15) is 49.1 Å². The van der Waals surface area contributed by atoms with Crippen molar-refractivity contribution in [2.45, 2.75) is 50.5 Å². The molecule has 3 N–H and O–H groups in total. The monoisotopic (exact) mass is 230 g/mol. The van der Waals surface area contributed by atoms with Gasteiger partial charge in [-0.15, -0.1) is 0 Å². The van der Waals surface area contributed by atoms with Crippen molar-refractivity contribution < 1.29 is 0 Å². The van der Waals surface area contributed by atoms with E-state index in [1.54, 1.807) is 0 Å². The highest BCUT2D eigenvalue weighted by Crippen LogP contribution is 2.39. The quantitative estimate of drug-likeness (QED) is 0.603. The summed E-state index contributed by atoms with van der Waals surface area (Å²) in [5.41, 5.74) is 6.13. The molecule has 0 aromatic heterocycles. The van der Waals surface area contributed by atoms with Crippen LogP contribution in [-0.4, -0.2) is 6.04 Å². The molecule has 92 valence electrons. The number of aryl methyl sites for hydroxylation is 1. The third kappa shape index (κ3) is 2.38. The van der Waals surface area contributed by atoms with Crippen LogP contribution in [-0.2, 0) is 6.42 Å². The second-order valence-electron chi connectivity index (χ2n) is 5.64. The number of rotatable bonds is 5. The normalized spacial score (nSPS) is 24.6. The van der Waals surface area contributed by atoms with Crippen molar-refractivity contribution in [3.8, 4) is 0 Å². The minimum atomic E-state index is 0.472. The van der Waals surface area contributed by atoms with E-state index < -0.39 is 0 Å². The molecule has 2 aliphatic rings. The van der Waals surface area contributed by atoms with E-state index in [0.717, 1.165) is 5.92 Å². The molecule has 2 atom stereocenters. The smallest absolute Gasteiger partial charge is 0.0279 e. The van der Waals surface area contributed by atoms with Crippen molar-refractivity contribution in [1.29, 1.82) is 0 Å². The lowest BCUT2D eigenvalue weighted by atomic mass is 9.90. The average molecular weight is 230 g/mol. The maximum atomic E-state index is 5.77. The van der Waals surface area contributed by atoms with Crippen LogP contribution in [0.3, 0.4) is 0 Å². The number of hydrogen-bond donors (Lipinski definition) is 2. The summed E-state index contributed by atoms with van der Waals surface area (Å²) in [5.74, 6) is 7.40. The van der Waals surface area contributed by atoms with Crippen molar-refractivity contribution in [1.82, 2.24) is 5.43 Å². The lowest BCUT2D eigenvalue weighted by molar-refractivity contribution is 0.395. The Bertz CT molecular complexity index is 384. The van der Waals surface area contributed by atoms with Gasteiger partial charge in [0.2, 0.25) is 0 Å². The first-order valence-electron chi connectivity index (χ1n) is 6.92. The van der Waals surface area contributed by atoms with Crippen molar-refractivity contribution in [3.05, 3.63) is 35.4 Å². The number of benzene rings is 1. The number of hydrazine groups is 1. The molecule has 1 aromatic rings. The topological polar surface area (TPSA) is 38.0 Å². The Hall–Kier alpha value is -0.860. The highest BCUT2D eigenvalue weighted by atomic mass is 15.2. The molecule has 3 rings (SSSR count). The molecule has 2 aliphatic carbocycles. The zero-order valence-electron chi connectivity index (χ0n) is 10.4. The van der Waals surface area contributed by atoms with Gasteiger partial charge < -0.3 is 0 Å². The van der Waals surface area contributed by atoms with E-state index >= 15 is 0 Å². The van der Waals surface area contributed by atoms with Crippen molar-refractivity contribution in [2.75, 3.05) is 0 Å². The molecule has 1 aromatic carbocycles. The standard InChI is InChI=1S/C15H22N2/c16-17-15(10-7-11-5-6-11)14-9-8-12-3-1-2-4-13(12)14/h1-4,11,14-15,17H,5-10,16H2. The Kier molecular flexibility index (Phi) is 3.17. The van der Waals surface area contributed by atoms with Crippen LogP contribution < -0.4 is 11.3 Å². The predicted molar refractivity (Wildman–Crippen MR) is 70.6 cm³/mol. The van der Waals surface area contributed by atoms with Gasteiger partial charge in [-0.3, -0.25) is 11.3 Å². The van der Waals surface area contributed by atoms with E-state index in [9.17, 15) is 0 Å². The first-order chi connectivity index (χ1) is 8.38. The SMILES string of the molecule is NNC(CCC1CC1)C1CCc2ccccc21. The molecular formula is C15H22N2. The molecule has 0 heterocycles. The van der Waals surface area contributed by atoms with Gasteiger partial charge in [0, 0.05) is 12.0 Å². The zero-order valence-corrected chi connectivity index (χ0v) is 10.4. The van der Waals surface area contributed by atoms with Crippen LogP contribution in [0, 0.1) is 5.92 Å². The zero-order chi connectivity index (χ0) is 11.7. The lowest BCUT2D eigenvalue weighted by Gasteiger charge is -2.23. The maximum Gasteiger partial charge on any atom is 0.0279 e. The van der Waals surface area contributed by atoms with E-state index in [2.05, 4.69) is 29.7 Å². The third-order valence-corrected chi connectivity index (χ3v) is 4.46. The summed E-state index contributed by atoms with van der Waals surface area (Å²) in [5, 5.41) is 0. The van der Waals surface area contributed by atoms with Gasteiger partial charge in [0.05, 0.1) is 0 Å². The van der Waals surface area contributed by atoms with Crippen molar-refractivity contribution in [3.63, 3.8) is 0 Å². The van der Waals surface area contributed by atoms with Crippen LogP contribution >= 0.6 is 0 Å². The van der Waals surface area contributed by atoms with Gasteiger partial charge in [0.15, 0.2) is 0 Å². The van der Waals surface area contributed by atoms with E-state index in [0.29, 0.717) is 12.0 Å². The summed E-state index contributed by atoms with van der Waals surface area (Å²) in [6.45, 7) is 0. The number of nitrogens with one attached hydrogen (secondary N) is 1. The molecule has 2 unspecified atom stereocenters. The van der Waals surface area contributed by atoms with Gasteiger partial charge >= 0.3 is 0 Å². The van der Waals surface area contributed by atoms with Crippen LogP contribution in [0.25, 0.3) is 0 Å². The molecule has 0 aliphatic heterocycles. The first kappa shape index (κ1) is 11.2. The summed E-state index contributed by atoms with van der Waals surface area (Å²) in [6, 6.07) is 9.33. The van der Waals surface area contributed by atoms with Gasteiger partial charge in [0.1, 0.15) is 0 Å². The minimum Gasteiger partial charge on any atom is -0.271 e. The minimum absolute atomic E-state index is 0.472. The molecule has 17 heavy (non-hydrogen) atoms. The van der Waals surface area contributed by atoms with Crippen LogP contribution in [0.5, 0.6) is 0 Å². The fraction of sp³-hybridized carbons (Fsp3) is 0.600. The third-order valence-electron chi connectivity index (χ3n) is 4.46. The summed E-state index contributed by atoms with van der Waals surface area (Å²) < 4.78 is 0. The van der Waals surface area contributed by atoms with E-state index in [4.69, 9.17) is 5.84 Å². The Labute approximate surface area is 104 Å². The van der Waals surface area contributed by atoms with E-state index in [1.807, 2.05) is 0 Å². The van der Waals surface area contributed by atoms with Gasteiger partial charge in [0.25, 0.3) is 0 Å². The van der Waals surface area contributed by atoms with Crippen LogP contribution in [0.15, 0.2) is 24.3 Å². The largest absolute Gasteiger partial charge is 0.271 e. The number of fused-ring (bicyclic) bond motifs is 1. The fourth-order valence-electron chi connectivity index (χ4n) is 3.23. The second kappa shape index (κ2) is 4.79. The second-order valence-corrected chi connectivity index (χ2v) is 5.64. The molecule has 1 fully saturated rings. The summed E-state index contributed by atoms with van der Waals surface area (Å²) in [4.78, 5) is 0. The Balaban J connectivity index is 1.69. The Morgan fingerprint density at radius 3 is 2.82 bits per heavy atom. The van der Waals surface area contributed by atoms with Crippen molar-refractivity contribution in [2.24, 2.45) is 11.8 Å². The Morgan fingerprint density at radius 2 is 2.06 bits per heavy atom. The van der Waals surface area contributed by atoms with Gasteiger partial charge in [-0.2, -0.15) is 0 Å². The lowest BCUT2D eigenvalue weighted by Crippen LogP contribution is -2.39. The summed E-state index contributed by atoms with van der Waals surface area (Å²) in [6.07, 6.45) is 7.96. The summed E-state index contributed by atoms with van der Waals surface area (Å²) in [7, 11) is 0. The molecule has 0 saturated heterocycles. The van der Waals surface area contributed by atoms with E-state index in [-0.39, 0.29) is 0 Å². The molecule has 2 nitrogen and oxygen atoms in total. The van der Waals surface area contributed by atoms with Gasteiger partial charge in [-0.05, 0) is 42.7 Å². The molecule has 0 radical (unpaired) electrons. The van der Waals surface area contributed by atoms with Crippen LogP contribution in [0.2, 0.25) is 0 Å². The molecule has 1 saturated carbocycles. The van der Waals surface area contributed by atoms with Crippen LogP contribution in [0.4, 0.5) is 0 Å². The van der Waals surface area contributed by atoms with E-state index in [1.165, 1.54) is 49.7 Å². The molecule has 0 bridgehead atoms. The molecule has 2 heteroatoms.